The van der Waals surface area contributed by atoms with E-state index in [2.05, 4.69) is 24.5 Å². The van der Waals surface area contributed by atoms with Gasteiger partial charge in [0.05, 0.1) is 24.3 Å². The maximum Gasteiger partial charge on any atom is 0.258 e. The largest absolute Gasteiger partial charge is 0.493 e. The molecule has 0 fully saturated rings. The first kappa shape index (κ1) is 23.3. The van der Waals surface area contributed by atoms with Crippen molar-refractivity contribution in [3.8, 4) is 11.5 Å². The second-order valence-electron chi connectivity index (χ2n) is 6.78. The van der Waals surface area contributed by atoms with Crippen molar-refractivity contribution in [2.75, 3.05) is 13.7 Å². The number of halogens is 2. The summed E-state index contributed by atoms with van der Waals surface area (Å²) in [6.45, 7) is 5.35. The van der Waals surface area contributed by atoms with Crippen LogP contribution in [0.5, 0.6) is 11.5 Å². The molecule has 29 heavy (non-hydrogen) atoms. The molecule has 1 amide bonds. The summed E-state index contributed by atoms with van der Waals surface area (Å²) in [7, 11) is 1.60. The number of nitrogens with one attached hydrogen (secondary N) is 2. The van der Waals surface area contributed by atoms with E-state index in [1.54, 1.807) is 19.2 Å². The Bertz CT molecular complexity index is 875. The fourth-order valence-electron chi connectivity index (χ4n) is 2.42. The lowest BCUT2D eigenvalue weighted by Crippen LogP contribution is -2.38. The van der Waals surface area contributed by atoms with Crippen LogP contribution in [0.4, 0.5) is 0 Å². The molecule has 5 nitrogen and oxygen atoms in total. The number of hydrogen-bond donors (Lipinski definition) is 2. The van der Waals surface area contributed by atoms with Gasteiger partial charge in [0.25, 0.3) is 5.91 Å². The Kier molecular flexibility index (Phi) is 9.01. The Morgan fingerprint density at radius 1 is 1.14 bits per heavy atom. The lowest BCUT2D eigenvalue weighted by Gasteiger charge is -2.14. The Balaban J connectivity index is 1.91. The molecule has 0 unspecified atom stereocenters. The molecule has 2 rings (SSSR count). The van der Waals surface area contributed by atoms with Crippen LogP contribution in [0.25, 0.3) is 0 Å². The molecular weight excluding hydrogens is 431 g/mol. The van der Waals surface area contributed by atoms with E-state index >= 15 is 0 Å². The maximum atomic E-state index is 12.3. The molecule has 0 bridgehead atoms. The predicted octanol–water partition coefficient (Wildman–Crippen LogP) is 5.23. The van der Waals surface area contributed by atoms with Crippen LogP contribution in [0.2, 0.25) is 10.0 Å². The van der Waals surface area contributed by atoms with Crippen LogP contribution in [-0.2, 0) is 6.54 Å². The average molecular weight is 455 g/mol. The zero-order chi connectivity index (χ0) is 21.4. The van der Waals surface area contributed by atoms with Crippen LogP contribution in [0.15, 0.2) is 36.4 Å². The number of amides is 1. The molecule has 2 aromatic carbocycles. The monoisotopic (exact) mass is 454 g/mol. The summed E-state index contributed by atoms with van der Waals surface area (Å²) >= 11 is 17.1. The Hall–Kier alpha value is -2.02. The van der Waals surface area contributed by atoms with Gasteiger partial charge < -0.3 is 14.8 Å². The van der Waals surface area contributed by atoms with Gasteiger partial charge in [0.1, 0.15) is 0 Å². The fourth-order valence-corrected chi connectivity index (χ4v) is 3.08. The van der Waals surface area contributed by atoms with Crippen LogP contribution < -0.4 is 20.1 Å². The van der Waals surface area contributed by atoms with E-state index in [0.29, 0.717) is 41.2 Å². The van der Waals surface area contributed by atoms with Gasteiger partial charge in [-0.3, -0.25) is 10.1 Å². The number of benzene rings is 2. The predicted molar refractivity (Wildman–Crippen MR) is 121 cm³/mol. The van der Waals surface area contributed by atoms with Crippen molar-refractivity contribution in [1.29, 1.82) is 0 Å². The van der Waals surface area contributed by atoms with Crippen LogP contribution >= 0.6 is 35.4 Å². The summed E-state index contributed by atoms with van der Waals surface area (Å²) in [6.07, 6.45) is 0.970. The molecule has 2 aromatic rings. The Morgan fingerprint density at radius 2 is 1.90 bits per heavy atom. The maximum absolute atomic E-state index is 12.3. The van der Waals surface area contributed by atoms with E-state index < -0.39 is 5.91 Å². The van der Waals surface area contributed by atoms with Crippen molar-refractivity contribution in [3.05, 3.63) is 57.6 Å². The third-order valence-electron chi connectivity index (χ3n) is 4.04. The second kappa shape index (κ2) is 11.2. The Labute approximate surface area is 186 Å². The molecule has 0 atom stereocenters. The summed E-state index contributed by atoms with van der Waals surface area (Å²) in [4.78, 5) is 12.3. The van der Waals surface area contributed by atoms with Gasteiger partial charge in [-0.25, -0.2) is 0 Å². The minimum atomic E-state index is -0.407. The topological polar surface area (TPSA) is 59.6 Å². The second-order valence-corrected chi connectivity index (χ2v) is 8.03. The van der Waals surface area contributed by atoms with Crippen molar-refractivity contribution in [2.45, 2.75) is 26.8 Å². The van der Waals surface area contributed by atoms with Crippen LogP contribution in [0.3, 0.4) is 0 Å². The minimum absolute atomic E-state index is 0.192. The van der Waals surface area contributed by atoms with Gasteiger partial charge in [-0.05, 0) is 60.5 Å². The normalized spacial score (nSPS) is 10.6. The summed E-state index contributed by atoms with van der Waals surface area (Å²) in [5, 5.41) is 6.50. The number of ether oxygens (including phenoxy) is 2. The number of thiocarbonyl (C=S) groups is 1. The summed E-state index contributed by atoms with van der Waals surface area (Å²) in [5.74, 6) is 1.51. The zero-order valence-electron chi connectivity index (χ0n) is 16.6. The van der Waals surface area contributed by atoms with Gasteiger partial charge in [-0.1, -0.05) is 43.1 Å². The zero-order valence-corrected chi connectivity index (χ0v) is 18.9. The molecule has 0 aliphatic heterocycles. The molecule has 156 valence electrons. The van der Waals surface area contributed by atoms with Gasteiger partial charge in [-0.2, -0.15) is 0 Å². The summed E-state index contributed by atoms with van der Waals surface area (Å²) in [5.41, 5.74) is 1.23. The summed E-state index contributed by atoms with van der Waals surface area (Å²) in [6, 6.07) is 10.3. The average Bonchev–Trinajstić information content (AvgIpc) is 2.66. The minimum Gasteiger partial charge on any atom is -0.493 e. The van der Waals surface area contributed by atoms with Crippen molar-refractivity contribution in [3.63, 3.8) is 0 Å². The van der Waals surface area contributed by atoms with E-state index in [9.17, 15) is 4.79 Å². The smallest absolute Gasteiger partial charge is 0.258 e. The van der Waals surface area contributed by atoms with Crippen molar-refractivity contribution < 1.29 is 14.3 Å². The van der Waals surface area contributed by atoms with Crippen LogP contribution in [0.1, 0.15) is 36.2 Å². The van der Waals surface area contributed by atoms with Crippen molar-refractivity contribution in [2.24, 2.45) is 5.92 Å². The number of carbonyl (C=O) groups is 1. The first-order chi connectivity index (χ1) is 13.8. The third kappa shape index (κ3) is 7.38. The fraction of sp³-hybridized carbons (Fsp3) is 0.333. The molecular formula is C21H24Cl2N2O3S. The highest BCUT2D eigenvalue weighted by molar-refractivity contribution is 7.80. The molecule has 0 saturated carbocycles. The molecule has 0 radical (unpaired) electrons. The lowest BCUT2D eigenvalue weighted by molar-refractivity contribution is 0.0977. The van der Waals surface area contributed by atoms with Gasteiger partial charge in [0, 0.05) is 11.6 Å². The van der Waals surface area contributed by atoms with Gasteiger partial charge in [0.15, 0.2) is 16.6 Å². The SMILES string of the molecule is COc1cc(CNC(=S)NC(=O)c2ccc(Cl)cc2Cl)ccc1OCCC(C)C. The molecule has 0 saturated heterocycles. The van der Waals surface area contributed by atoms with E-state index in [4.69, 9.17) is 44.9 Å². The Morgan fingerprint density at radius 3 is 2.55 bits per heavy atom. The van der Waals surface area contributed by atoms with Crippen LogP contribution in [-0.4, -0.2) is 24.7 Å². The van der Waals surface area contributed by atoms with E-state index in [-0.39, 0.29) is 10.1 Å². The highest BCUT2D eigenvalue weighted by Crippen LogP contribution is 2.28. The number of carbonyl (C=O) groups excluding carboxylic acids is 1. The summed E-state index contributed by atoms with van der Waals surface area (Å²) < 4.78 is 11.2. The first-order valence-electron chi connectivity index (χ1n) is 9.14. The van der Waals surface area contributed by atoms with Gasteiger partial charge in [0.2, 0.25) is 0 Å². The van der Waals surface area contributed by atoms with Crippen molar-refractivity contribution >= 4 is 46.4 Å². The highest BCUT2D eigenvalue weighted by atomic mass is 35.5. The van der Waals surface area contributed by atoms with Gasteiger partial charge >= 0.3 is 0 Å². The number of hydrogen-bond acceptors (Lipinski definition) is 4. The van der Waals surface area contributed by atoms with E-state index in [0.717, 1.165) is 12.0 Å². The first-order valence-corrected chi connectivity index (χ1v) is 10.3. The molecule has 2 N–H and O–H groups in total. The highest BCUT2D eigenvalue weighted by Gasteiger charge is 2.12. The van der Waals surface area contributed by atoms with Crippen molar-refractivity contribution in [1.82, 2.24) is 10.6 Å². The molecule has 0 aliphatic rings. The molecule has 0 aliphatic carbocycles. The molecule has 0 aromatic heterocycles. The standard InChI is InChI=1S/C21H24Cl2N2O3S/c1-13(2)8-9-28-18-7-4-14(10-19(18)27-3)12-24-21(29)25-20(26)16-6-5-15(22)11-17(16)23/h4-7,10-11,13H,8-9,12H2,1-3H3,(H2,24,25,26,29). The quantitative estimate of drug-likeness (QED) is 0.534. The molecule has 0 heterocycles. The molecule has 0 spiro atoms. The number of methoxy groups -OCH3 is 1. The third-order valence-corrected chi connectivity index (χ3v) is 4.83. The van der Waals surface area contributed by atoms with Crippen LogP contribution in [0, 0.1) is 5.92 Å². The van der Waals surface area contributed by atoms with Gasteiger partial charge in [-0.15, -0.1) is 0 Å². The molecule has 8 heteroatoms. The lowest BCUT2D eigenvalue weighted by atomic mass is 10.1. The van der Waals surface area contributed by atoms with E-state index in [1.807, 2.05) is 18.2 Å². The number of rotatable bonds is 8. The van der Waals surface area contributed by atoms with E-state index in [1.165, 1.54) is 6.07 Å².